The van der Waals surface area contributed by atoms with Gasteiger partial charge in [0, 0.05) is 6.42 Å². The van der Waals surface area contributed by atoms with Crippen molar-refractivity contribution in [3.63, 3.8) is 0 Å². The quantitative estimate of drug-likeness (QED) is 0.750. The zero-order chi connectivity index (χ0) is 16.7. The number of carbonyl (C=O) groups is 2. The number of amides is 1. The number of methoxy groups -OCH3 is 1. The molecule has 0 fully saturated rings. The summed E-state index contributed by atoms with van der Waals surface area (Å²) < 4.78 is 4.74. The molecule has 1 amide bonds. The third-order valence-corrected chi connectivity index (χ3v) is 3.32. The fourth-order valence-electron chi connectivity index (χ4n) is 2.23. The van der Waals surface area contributed by atoms with Crippen LogP contribution in [0.25, 0.3) is 0 Å². The number of hydrogen-bond acceptors (Lipinski definition) is 4. The Bertz CT molecular complexity index is 513. The monoisotopic (exact) mass is 307 g/mol. The molecule has 0 radical (unpaired) electrons. The molecule has 1 aromatic rings. The lowest BCUT2D eigenvalue weighted by Gasteiger charge is -2.19. The Morgan fingerprint density at radius 2 is 2.00 bits per heavy atom. The summed E-state index contributed by atoms with van der Waals surface area (Å²) in [5, 5.41) is 12.4. The molecule has 0 aliphatic heterocycles. The number of benzene rings is 1. The van der Waals surface area contributed by atoms with E-state index in [2.05, 4.69) is 5.32 Å². The molecule has 0 unspecified atom stereocenters. The summed E-state index contributed by atoms with van der Waals surface area (Å²) in [5.41, 5.74) is 2.00. The second-order valence-corrected chi connectivity index (χ2v) is 5.92. The highest BCUT2D eigenvalue weighted by atomic mass is 16.5. The van der Waals surface area contributed by atoms with Gasteiger partial charge in [0.25, 0.3) is 0 Å². The second-order valence-electron chi connectivity index (χ2n) is 5.92. The third kappa shape index (κ3) is 5.85. The lowest BCUT2D eigenvalue weighted by molar-refractivity contribution is -0.146. The maximum atomic E-state index is 12.0. The van der Waals surface area contributed by atoms with Crippen molar-refractivity contribution in [1.82, 2.24) is 5.32 Å². The van der Waals surface area contributed by atoms with Crippen LogP contribution >= 0.6 is 0 Å². The summed E-state index contributed by atoms with van der Waals surface area (Å²) >= 11 is 0. The van der Waals surface area contributed by atoms with E-state index in [-0.39, 0.29) is 5.92 Å². The summed E-state index contributed by atoms with van der Waals surface area (Å²) in [4.78, 5) is 23.9. The Labute approximate surface area is 131 Å². The Hall–Kier alpha value is -1.88. The Morgan fingerprint density at radius 1 is 1.32 bits per heavy atom. The van der Waals surface area contributed by atoms with Gasteiger partial charge in [0.2, 0.25) is 5.91 Å². The van der Waals surface area contributed by atoms with Crippen molar-refractivity contribution in [3.05, 3.63) is 35.4 Å². The molecule has 0 heterocycles. The molecule has 1 rings (SSSR count). The molecule has 0 saturated heterocycles. The van der Waals surface area contributed by atoms with Crippen LogP contribution in [-0.4, -0.2) is 36.2 Å². The predicted octanol–water partition coefficient (Wildman–Crippen LogP) is 1.60. The van der Waals surface area contributed by atoms with Crippen molar-refractivity contribution in [2.24, 2.45) is 5.92 Å². The van der Waals surface area contributed by atoms with Crippen molar-refractivity contribution >= 4 is 11.9 Å². The van der Waals surface area contributed by atoms with Gasteiger partial charge in [-0.25, -0.2) is 4.79 Å². The third-order valence-electron chi connectivity index (χ3n) is 3.32. The molecule has 2 N–H and O–H groups in total. The van der Waals surface area contributed by atoms with Crippen molar-refractivity contribution in [3.8, 4) is 0 Å². The number of aryl methyl sites for hydroxylation is 1. The molecular weight excluding hydrogens is 282 g/mol. The second kappa shape index (κ2) is 8.54. The Balaban J connectivity index is 2.77. The highest BCUT2D eigenvalue weighted by Crippen LogP contribution is 2.09. The molecule has 0 aliphatic carbocycles. The van der Waals surface area contributed by atoms with Gasteiger partial charge >= 0.3 is 5.97 Å². The van der Waals surface area contributed by atoms with Gasteiger partial charge in [0.05, 0.1) is 7.11 Å². The van der Waals surface area contributed by atoms with Gasteiger partial charge in [-0.05, 0) is 24.8 Å². The first-order chi connectivity index (χ1) is 10.3. The van der Waals surface area contributed by atoms with Crippen LogP contribution in [0.1, 0.15) is 31.4 Å². The topological polar surface area (TPSA) is 75.6 Å². The minimum absolute atomic E-state index is 0.189. The first kappa shape index (κ1) is 18.2. The standard InChI is InChI=1S/C17H25NO4/c1-11(2)8-15(19)16(20)18-14(17(21)22-4)10-13-7-5-6-12(3)9-13/h5-7,9,11,14-15,19H,8,10H2,1-4H3,(H,18,20)/t14-,15-/m1/s1. The summed E-state index contributed by atoms with van der Waals surface area (Å²) in [7, 11) is 1.28. The molecule has 0 aromatic heterocycles. The Morgan fingerprint density at radius 3 is 2.55 bits per heavy atom. The average molecular weight is 307 g/mol. The summed E-state index contributed by atoms with van der Waals surface area (Å²) in [5.74, 6) is -0.877. The van der Waals surface area contributed by atoms with E-state index in [9.17, 15) is 14.7 Å². The fraction of sp³-hybridized carbons (Fsp3) is 0.529. The molecule has 5 heteroatoms. The summed E-state index contributed by atoms with van der Waals surface area (Å²) in [6.07, 6.45) is -0.441. The first-order valence-electron chi connectivity index (χ1n) is 7.45. The number of aliphatic hydroxyl groups excluding tert-OH is 1. The van der Waals surface area contributed by atoms with Gasteiger partial charge in [-0.1, -0.05) is 43.7 Å². The van der Waals surface area contributed by atoms with Gasteiger partial charge in [-0.2, -0.15) is 0 Å². The van der Waals surface area contributed by atoms with E-state index in [4.69, 9.17) is 4.74 Å². The highest BCUT2D eigenvalue weighted by Gasteiger charge is 2.25. The molecule has 2 atom stereocenters. The first-order valence-corrected chi connectivity index (χ1v) is 7.45. The van der Waals surface area contributed by atoms with Crippen LogP contribution in [0.3, 0.4) is 0 Å². The van der Waals surface area contributed by atoms with Gasteiger partial charge < -0.3 is 15.2 Å². The van der Waals surface area contributed by atoms with Crippen molar-refractivity contribution in [2.75, 3.05) is 7.11 Å². The zero-order valence-electron chi connectivity index (χ0n) is 13.6. The number of hydrogen-bond donors (Lipinski definition) is 2. The maximum Gasteiger partial charge on any atom is 0.328 e. The van der Waals surface area contributed by atoms with Crippen LogP contribution in [-0.2, 0) is 20.7 Å². The molecule has 5 nitrogen and oxygen atoms in total. The van der Waals surface area contributed by atoms with E-state index >= 15 is 0 Å². The number of nitrogens with one attached hydrogen (secondary N) is 1. The molecule has 0 aliphatic rings. The van der Waals surface area contributed by atoms with Gasteiger partial charge in [0.1, 0.15) is 12.1 Å². The molecule has 0 saturated carbocycles. The number of ether oxygens (including phenoxy) is 1. The van der Waals surface area contributed by atoms with Crippen molar-refractivity contribution in [2.45, 2.75) is 45.8 Å². The molecule has 22 heavy (non-hydrogen) atoms. The summed E-state index contributed by atoms with van der Waals surface area (Å²) in [6.45, 7) is 5.80. The lowest BCUT2D eigenvalue weighted by atomic mass is 10.0. The minimum atomic E-state index is -1.12. The number of carbonyl (C=O) groups excluding carboxylic acids is 2. The number of rotatable bonds is 7. The normalized spacial score (nSPS) is 13.5. The van der Waals surface area contributed by atoms with E-state index in [0.29, 0.717) is 12.8 Å². The molecule has 0 bridgehead atoms. The molecule has 122 valence electrons. The van der Waals surface area contributed by atoms with Crippen LogP contribution in [0.2, 0.25) is 0 Å². The maximum absolute atomic E-state index is 12.0. The van der Waals surface area contributed by atoms with E-state index < -0.39 is 24.0 Å². The smallest absolute Gasteiger partial charge is 0.328 e. The van der Waals surface area contributed by atoms with Crippen LogP contribution in [0, 0.1) is 12.8 Å². The zero-order valence-corrected chi connectivity index (χ0v) is 13.6. The molecule has 1 aromatic carbocycles. The van der Waals surface area contributed by atoms with Crippen LogP contribution in [0.4, 0.5) is 0 Å². The van der Waals surface area contributed by atoms with Crippen LogP contribution in [0.5, 0.6) is 0 Å². The van der Waals surface area contributed by atoms with Gasteiger partial charge in [-0.15, -0.1) is 0 Å². The fourth-order valence-corrected chi connectivity index (χ4v) is 2.23. The van der Waals surface area contributed by atoms with Crippen molar-refractivity contribution < 1.29 is 19.4 Å². The van der Waals surface area contributed by atoms with Gasteiger partial charge in [0.15, 0.2) is 0 Å². The van der Waals surface area contributed by atoms with E-state index in [1.54, 1.807) is 0 Å². The van der Waals surface area contributed by atoms with Crippen LogP contribution in [0.15, 0.2) is 24.3 Å². The van der Waals surface area contributed by atoms with E-state index in [0.717, 1.165) is 11.1 Å². The minimum Gasteiger partial charge on any atom is -0.467 e. The van der Waals surface area contributed by atoms with Crippen molar-refractivity contribution in [1.29, 1.82) is 0 Å². The lowest BCUT2D eigenvalue weighted by Crippen LogP contribution is -2.47. The highest BCUT2D eigenvalue weighted by molar-refractivity contribution is 5.87. The average Bonchev–Trinajstić information content (AvgIpc) is 2.44. The van der Waals surface area contributed by atoms with Gasteiger partial charge in [-0.3, -0.25) is 4.79 Å². The predicted molar refractivity (Wildman–Crippen MR) is 84.3 cm³/mol. The largest absolute Gasteiger partial charge is 0.467 e. The van der Waals surface area contributed by atoms with E-state index in [1.165, 1.54) is 7.11 Å². The van der Waals surface area contributed by atoms with Crippen LogP contribution < -0.4 is 5.32 Å². The summed E-state index contributed by atoms with van der Waals surface area (Å²) in [6, 6.07) is 6.89. The molecular formula is C17H25NO4. The molecule has 0 spiro atoms. The SMILES string of the molecule is COC(=O)[C@@H](Cc1cccc(C)c1)NC(=O)[C@H](O)CC(C)C. The number of esters is 1. The number of aliphatic hydroxyl groups is 1. The van der Waals surface area contributed by atoms with E-state index in [1.807, 2.05) is 45.0 Å². The Kier molecular flexibility index (Phi) is 7.05.